The van der Waals surface area contributed by atoms with Crippen molar-refractivity contribution in [2.45, 2.75) is 32.6 Å². The molecule has 1 heterocycles. The molecule has 0 radical (unpaired) electrons. The fraction of sp³-hybridized carbons (Fsp3) is 0.533. The Morgan fingerprint density at radius 2 is 1.94 bits per heavy atom. The first-order valence-corrected chi connectivity index (χ1v) is 6.45. The first-order chi connectivity index (χ1) is 8.16. The molecule has 0 amide bonds. The molecule has 0 atom stereocenters. The van der Waals surface area contributed by atoms with Crippen molar-refractivity contribution >= 4 is 5.57 Å². The first kappa shape index (κ1) is 12.3. The number of hydrogen-bond acceptors (Lipinski definition) is 2. The summed E-state index contributed by atoms with van der Waals surface area (Å²) in [5.41, 5.74) is 5.49. The molecule has 1 aromatic heterocycles. The lowest BCUT2D eigenvalue weighted by atomic mass is 9.89. The van der Waals surface area contributed by atoms with E-state index in [-0.39, 0.29) is 0 Å². The van der Waals surface area contributed by atoms with E-state index < -0.39 is 0 Å². The number of pyridine rings is 1. The Labute approximate surface area is 104 Å². The zero-order valence-electron chi connectivity index (χ0n) is 11.2. The molecule has 0 N–H and O–H groups in total. The van der Waals surface area contributed by atoms with Gasteiger partial charge in [0.25, 0.3) is 0 Å². The minimum Gasteiger partial charge on any atom is -0.305 e. The second-order valence-electron chi connectivity index (χ2n) is 5.25. The second-order valence-corrected chi connectivity index (χ2v) is 5.25. The third-order valence-electron chi connectivity index (χ3n) is 3.31. The van der Waals surface area contributed by atoms with E-state index in [2.05, 4.69) is 43.0 Å². The Morgan fingerprint density at radius 3 is 2.59 bits per heavy atom. The smallest absolute Gasteiger partial charge is 0.0661 e. The summed E-state index contributed by atoms with van der Waals surface area (Å²) in [6, 6.07) is 4.34. The number of aryl methyl sites for hydroxylation is 1. The van der Waals surface area contributed by atoms with E-state index in [0.29, 0.717) is 0 Å². The van der Waals surface area contributed by atoms with Crippen molar-refractivity contribution in [2.75, 3.05) is 20.6 Å². The standard InChI is InChI=1S/C15H22N2/c1-12-8-9-15(16-10-12)14-7-5-4-6-13(14)11-17(2)3/h8-10H,4-7,11H2,1-3H3. The lowest BCUT2D eigenvalue weighted by Gasteiger charge is -2.22. The molecule has 17 heavy (non-hydrogen) atoms. The predicted molar refractivity (Wildman–Crippen MR) is 72.9 cm³/mol. The Morgan fingerprint density at radius 1 is 1.18 bits per heavy atom. The maximum absolute atomic E-state index is 4.58. The number of likely N-dealkylation sites (N-methyl/N-ethyl adjacent to an activating group) is 1. The van der Waals surface area contributed by atoms with Crippen LogP contribution in [-0.2, 0) is 0 Å². The highest BCUT2D eigenvalue weighted by Gasteiger charge is 2.15. The molecule has 92 valence electrons. The lowest BCUT2D eigenvalue weighted by Crippen LogP contribution is -2.18. The van der Waals surface area contributed by atoms with Gasteiger partial charge in [0, 0.05) is 12.7 Å². The van der Waals surface area contributed by atoms with E-state index in [1.54, 1.807) is 5.57 Å². The van der Waals surface area contributed by atoms with Crippen LogP contribution >= 0.6 is 0 Å². The third kappa shape index (κ3) is 3.16. The second kappa shape index (κ2) is 5.46. The van der Waals surface area contributed by atoms with Crippen LogP contribution in [-0.4, -0.2) is 30.5 Å². The van der Waals surface area contributed by atoms with Crippen molar-refractivity contribution < 1.29 is 0 Å². The Bertz CT molecular complexity index is 401. The number of allylic oxidation sites excluding steroid dienone is 1. The normalized spacial score (nSPS) is 16.7. The molecule has 2 nitrogen and oxygen atoms in total. The van der Waals surface area contributed by atoms with Crippen LogP contribution < -0.4 is 0 Å². The van der Waals surface area contributed by atoms with Gasteiger partial charge in [-0.05, 0) is 63.9 Å². The number of nitrogens with zero attached hydrogens (tertiary/aromatic N) is 2. The molecule has 0 aliphatic heterocycles. The molecule has 0 spiro atoms. The van der Waals surface area contributed by atoms with Gasteiger partial charge < -0.3 is 4.90 Å². The maximum atomic E-state index is 4.58. The topological polar surface area (TPSA) is 16.1 Å². The zero-order valence-corrected chi connectivity index (χ0v) is 11.2. The number of hydrogen-bond donors (Lipinski definition) is 0. The van der Waals surface area contributed by atoms with Gasteiger partial charge >= 0.3 is 0 Å². The van der Waals surface area contributed by atoms with Gasteiger partial charge in [0.05, 0.1) is 5.69 Å². The monoisotopic (exact) mass is 230 g/mol. The molecule has 0 saturated heterocycles. The summed E-state index contributed by atoms with van der Waals surface area (Å²) >= 11 is 0. The first-order valence-electron chi connectivity index (χ1n) is 6.45. The van der Waals surface area contributed by atoms with Crippen molar-refractivity contribution in [2.24, 2.45) is 0 Å². The molecule has 0 bridgehead atoms. The van der Waals surface area contributed by atoms with Gasteiger partial charge in [-0.3, -0.25) is 4.98 Å². The van der Waals surface area contributed by atoms with Crippen LogP contribution in [0.2, 0.25) is 0 Å². The van der Waals surface area contributed by atoms with Gasteiger partial charge in [0.1, 0.15) is 0 Å². The van der Waals surface area contributed by atoms with Crippen molar-refractivity contribution in [1.82, 2.24) is 9.88 Å². The van der Waals surface area contributed by atoms with Crippen LogP contribution in [0.4, 0.5) is 0 Å². The van der Waals surface area contributed by atoms with Gasteiger partial charge in [-0.2, -0.15) is 0 Å². The summed E-state index contributed by atoms with van der Waals surface area (Å²) in [6.45, 7) is 3.16. The Hall–Kier alpha value is -1.15. The summed E-state index contributed by atoms with van der Waals surface area (Å²) in [7, 11) is 4.28. The molecule has 0 unspecified atom stereocenters. The van der Waals surface area contributed by atoms with Crippen LogP contribution in [0.5, 0.6) is 0 Å². The lowest BCUT2D eigenvalue weighted by molar-refractivity contribution is 0.434. The third-order valence-corrected chi connectivity index (χ3v) is 3.31. The van der Waals surface area contributed by atoms with Crippen LogP contribution in [0.3, 0.4) is 0 Å². The molecule has 1 aromatic rings. The molecule has 2 rings (SSSR count). The molecule has 2 heteroatoms. The van der Waals surface area contributed by atoms with Crippen molar-refractivity contribution in [3.63, 3.8) is 0 Å². The van der Waals surface area contributed by atoms with Crippen molar-refractivity contribution in [3.05, 3.63) is 35.2 Å². The van der Waals surface area contributed by atoms with Crippen molar-refractivity contribution in [3.8, 4) is 0 Å². The fourth-order valence-corrected chi connectivity index (χ4v) is 2.48. The number of aromatic nitrogens is 1. The minimum absolute atomic E-state index is 1.07. The van der Waals surface area contributed by atoms with E-state index in [1.807, 2.05) is 6.20 Å². The van der Waals surface area contributed by atoms with E-state index in [4.69, 9.17) is 0 Å². The van der Waals surface area contributed by atoms with Crippen LogP contribution in [0.1, 0.15) is 36.9 Å². The van der Waals surface area contributed by atoms with E-state index >= 15 is 0 Å². The van der Waals surface area contributed by atoms with Crippen molar-refractivity contribution in [1.29, 1.82) is 0 Å². The molecule has 0 fully saturated rings. The SMILES string of the molecule is Cc1ccc(C2=C(CN(C)C)CCCC2)nc1. The highest BCUT2D eigenvalue weighted by Crippen LogP contribution is 2.31. The van der Waals surface area contributed by atoms with E-state index in [1.165, 1.54) is 42.5 Å². The fourth-order valence-electron chi connectivity index (χ4n) is 2.48. The van der Waals surface area contributed by atoms with E-state index in [0.717, 1.165) is 6.54 Å². The average molecular weight is 230 g/mol. The van der Waals surface area contributed by atoms with Gasteiger partial charge in [-0.1, -0.05) is 11.6 Å². The number of rotatable bonds is 3. The van der Waals surface area contributed by atoms with Gasteiger partial charge in [0.2, 0.25) is 0 Å². The highest BCUT2D eigenvalue weighted by molar-refractivity contribution is 5.67. The molecule has 0 saturated carbocycles. The Kier molecular flexibility index (Phi) is 3.95. The Balaban J connectivity index is 2.31. The molecule has 1 aliphatic rings. The highest BCUT2D eigenvalue weighted by atomic mass is 15.0. The minimum atomic E-state index is 1.07. The zero-order chi connectivity index (χ0) is 12.3. The molecule has 1 aliphatic carbocycles. The predicted octanol–water partition coefficient (Wildman–Crippen LogP) is 3.28. The van der Waals surface area contributed by atoms with Crippen LogP contribution in [0, 0.1) is 6.92 Å². The van der Waals surface area contributed by atoms with Crippen LogP contribution in [0.25, 0.3) is 5.57 Å². The van der Waals surface area contributed by atoms with Gasteiger partial charge in [0.15, 0.2) is 0 Å². The largest absolute Gasteiger partial charge is 0.305 e. The summed E-state index contributed by atoms with van der Waals surface area (Å²) < 4.78 is 0. The van der Waals surface area contributed by atoms with E-state index in [9.17, 15) is 0 Å². The molecular formula is C15H22N2. The van der Waals surface area contributed by atoms with Gasteiger partial charge in [-0.25, -0.2) is 0 Å². The van der Waals surface area contributed by atoms with Crippen LogP contribution in [0.15, 0.2) is 23.9 Å². The summed E-state index contributed by atoms with van der Waals surface area (Å²) in [5, 5.41) is 0. The maximum Gasteiger partial charge on any atom is 0.0661 e. The molecule has 0 aromatic carbocycles. The summed E-state index contributed by atoms with van der Waals surface area (Å²) in [5.74, 6) is 0. The summed E-state index contributed by atoms with van der Waals surface area (Å²) in [6.07, 6.45) is 7.05. The quantitative estimate of drug-likeness (QED) is 0.792. The average Bonchev–Trinajstić information content (AvgIpc) is 2.30. The summed E-state index contributed by atoms with van der Waals surface area (Å²) in [4.78, 5) is 6.84. The van der Waals surface area contributed by atoms with Gasteiger partial charge in [-0.15, -0.1) is 0 Å². The molecular weight excluding hydrogens is 208 g/mol.